The molecule has 166 valence electrons. The summed E-state index contributed by atoms with van der Waals surface area (Å²) in [6.45, 7) is 14.0. The zero-order valence-electron chi connectivity index (χ0n) is 19.2. The molecule has 2 amide bonds. The molecule has 0 atom stereocenters. The zero-order chi connectivity index (χ0) is 22.3. The average Bonchev–Trinajstić information content (AvgIpc) is 3.27. The van der Waals surface area contributed by atoms with Gasteiger partial charge in [-0.15, -0.1) is 0 Å². The van der Waals surface area contributed by atoms with Gasteiger partial charge in [0, 0.05) is 51.9 Å². The number of hydrogen-bond acceptors (Lipinski definition) is 5. The van der Waals surface area contributed by atoms with Gasteiger partial charge in [-0.25, -0.2) is 9.99 Å². The lowest BCUT2D eigenvalue weighted by molar-refractivity contribution is -0.130. The monoisotopic (exact) mass is 424 g/mol. The van der Waals surface area contributed by atoms with Crippen LogP contribution < -0.4 is 10.3 Å². The Balaban J connectivity index is 1.58. The Kier molecular flexibility index (Phi) is 5.75. The van der Waals surface area contributed by atoms with Gasteiger partial charge in [0.25, 0.3) is 5.91 Å². The lowest BCUT2D eigenvalue weighted by atomic mass is 10.0. The molecule has 2 aliphatic rings. The minimum absolute atomic E-state index is 0.0784. The molecular weight excluding hydrogens is 392 g/mol. The summed E-state index contributed by atoms with van der Waals surface area (Å²) >= 11 is 0. The van der Waals surface area contributed by atoms with Crippen LogP contribution in [0.4, 0.5) is 11.6 Å². The highest BCUT2D eigenvalue weighted by molar-refractivity contribution is 5.94. The summed E-state index contributed by atoms with van der Waals surface area (Å²) in [6, 6.07) is 4.39. The molecule has 2 aliphatic heterocycles. The average molecular weight is 425 g/mol. The van der Waals surface area contributed by atoms with E-state index in [0.29, 0.717) is 38.3 Å². The number of hydrogen-bond donors (Lipinski definition) is 1. The second-order valence-corrected chi connectivity index (χ2v) is 8.55. The van der Waals surface area contributed by atoms with Gasteiger partial charge in [0.2, 0.25) is 11.9 Å². The number of fused-ring (bicyclic) bond motifs is 1. The summed E-state index contributed by atoms with van der Waals surface area (Å²) in [6.07, 6.45) is 0.695. The van der Waals surface area contributed by atoms with Crippen molar-refractivity contribution >= 4 is 23.5 Å². The fourth-order valence-electron chi connectivity index (χ4n) is 4.85. The largest absolute Gasteiger partial charge is 0.340 e. The Bertz CT molecular complexity index is 996. The molecule has 1 fully saturated rings. The van der Waals surface area contributed by atoms with Crippen molar-refractivity contribution in [2.45, 2.75) is 47.6 Å². The fourth-order valence-corrected chi connectivity index (χ4v) is 4.85. The first-order chi connectivity index (χ1) is 14.8. The van der Waals surface area contributed by atoms with Crippen molar-refractivity contribution in [1.82, 2.24) is 24.9 Å². The Morgan fingerprint density at radius 3 is 2.23 bits per heavy atom. The van der Waals surface area contributed by atoms with E-state index in [9.17, 15) is 9.59 Å². The van der Waals surface area contributed by atoms with Crippen LogP contribution in [0.15, 0.2) is 12.1 Å². The van der Waals surface area contributed by atoms with Gasteiger partial charge in [-0.2, -0.15) is 0 Å². The first kappa shape index (κ1) is 21.4. The quantitative estimate of drug-likeness (QED) is 0.816. The number of amides is 2. The van der Waals surface area contributed by atoms with Crippen molar-refractivity contribution < 1.29 is 9.59 Å². The van der Waals surface area contributed by atoms with Crippen LogP contribution >= 0.6 is 0 Å². The van der Waals surface area contributed by atoms with E-state index in [4.69, 9.17) is 4.98 Å². The third-order valence-corrected chi connectivity index (χ3v) is 6.25. The van der Waals surface area contributed by atoms with Crippen molar-refractivity contribution in [3.05, 3.63) is 40.2 Å². The summed E-state index contributed by atoms with van der Waals surface area (Å²) < 4.78 is 2.05. The van der Waals surface area contributed by atoms with Crippen molar-refractivity contribution in [3.8, 4) is 0 Å². The number of rotatable bonds is 4. The second-order valence-electron chi connectivity index (χ2n) is 8.55. The Hall–Kier alpha value is -2.87. The molecular formula is C23H32N6O2. The van der Waals surface area contributed by atoms with Gasteiger partial charge in [0.1, 0.15) is 5.69 Å². The Morgan fingerprint density at radius 2 is 1.65 bits per heavy atom. The lowest BCUT2D eigenvalue weighted by Crippen LogP contribution is -2.54. The smallest absolute Gasteiger partial charge is 0.284 e. The number of piperazine rings is 1. The molecule has 0 saturated carbocycles. The minimum atomic E-state index is -0.119. The highest BCUT2D eigenvalue weighted by Gasteiger charge is 2.32. The standard InChI is InChI=1S/C23H32N6O2/c1-6-19-21(22(31)25-27-9-7-26(8-10-27)18(5)30)29-12-11-28(23(29)24-19)20-16(3)13-15(2)14-17(20)4/h13-14H,6-12H2,1-5H3,(H,25,31). The van der Waals surface area contributed by atoms with E-state index in [1.807, 2.05) is 11.9 Å². The van der Waals surface area contributed by atoms with Crippen LogP contribution in [0.25, 0.3) is 0 Å². The van der Waals surface area contributed by atoms with Gasteiger partial charge in [-0.3, -0.25) is 15.0 Å². The van der Waals surface area contributed by atoms with E-state index in [-0.39, 0.29) is 11.8 Å². The maximum absolute atomic E-state index is 13.2. The predicted molar refractivity (Wildman–Crippen MR) is 121 cm³/mol. The third kappa shape index (κ3) is 3.92. The van der Waals surface area contributed by atoms with Gasteiger partial charge in [-0.1, -0.05) is 24.6 Å². The Morgan fingerprint density at radius 1 is 1.00 bits per heavy atom. The van der Waals surface area contributed by atoms with Gasteiger partial charge in [-0.05, 0) is 38.3 Å². The topological polar surface area (TPSA) is 73.7 Å². The number of aromatic nitrogens is 2. The first-order valence-corrected chi connectivity index (χ1v) is 11.1. The van der Waals surface area contributed by atoms with Crippen LogP contribution in [-0.2, 0) is 17.8 Å². The van der Waals surface area contributed by atoms with Gasteiger partial charge in [0.05, 0.1) is 5.69 Å². The molecule has 0 aliphatic carbocycles. The molecule has 8 nitrogen and oxygen atoms in total. The molecule has 2 aromatic rings. The number of imidazole rings is 1. The van der Waals surface area contributed by atoms with E-state index >= 15 is 0 Å². The molecule has 1 aromatic carbocycles. The van der Waals surface area contributed by atoms with E-state index in [1.165, 1.54) is 22.4 Å². The fraction of sp³-hybridized carbons (Fsp3) is 0.522. The van der Waals surface area contributed by atoms with E-state index in [2.05, 4.69) is 47.8 Å². The number of hydrazine groups is 1. The van der Waals surface area contributed by atoms with Crippen molar-refractivity contribution in [2.24, 2.45) is 0 Å². The third-order valence-electron chi connectivity index (χ3n) is 6.25. The van der Waals surface area contributed by atoms with Gasteiger partial charge in [0.15, 0.2) is 0 Å². The summed E-state index contributed by atoms with van der Waals surface area (Å²) in [4.78, 5) is 33.7. The van der Waals surface area contributed by atoms with Crippen LogP contribution in [-0.4, -0.2) is 64.0 Å². The molecule has 0 bridgehead atoms. The van der Waals surface area contributed by atoms with Crippen LogP contribution in [0, 0.1) is 20.8 Å². The summed E-state index contributed by atoms with van der Waals surface area (Å²) in [5, 5.41) is 1.90. The molecule has 4 rings (SSSR count). The van der Waals surface area contributed by atoms with E-state index in [0.717, 1.165) is 24.7 Å². The predicted octanol–water partition coefficient (Wildman–Crippen LogP) is 2.33. The molecule has 0 radical (unpaired) electrons. The normalized spacial score (nSPS) is 16.5. The molecule has 1 aromatic heterocycles. The zero-order valence-corrected chi connectivity index (χ0v) is 19.2. The summed E-state index contributed by atoms with van der Waals surface area (Å²) in [5.41, 5.74) is 9.40. The highest BCUT2D eigenvalue weighted by Crippen LogP contribution is 2.36. The SMILES string of the molecule is CCc1nc2n(c1C(=O)NN1CCN(C(C)=O)CC1)CCN2c1c(C)cc(C)cc1C. The molecule has 0 unspecified atom stereocenters. The highest BCUT2D eigenvalue weighted by atomic mass is 16.2. The van der Waals surface area contributed by atoms with Crippen molar-refractivity contribution in [2.75, 3.05) is 37.6 Å². The number of nitrogens with one attached hydrogen (secondary N) is 1. The van der Waals surface area contributed by atoms with E-state index in [1.54, 1.807) is 11.8 Å². The van der Waals surface area contributed by atoms with Crippen LogP contribution in [0.3, 0.4) is 0 Å². The maximum Gasteiger partial charge on any atom is 0.284 e. The number of anilines is 2. The van der Waals surface area contributed by atoms with Gasteiger partial charge < -0.3 is 14.4 Å². The molecule has 3 heterocycles. The molecule has 0 spiro atoms. The van der Waals surface area contributed by atoms with E-state index < -0.39 is 0 Å². The maximum atomic E-state index is 13.2. The lowest BCUT2D eigenvalue weighted by Gasteiger charge is -2.34. The number of carbonyl (C=O) groups excluding carboxylic acids is 2. The number of benzene rings is 1. The van der Waals surface area contributed by atoms with Crippen molar-refractivity contribution in [1.29, 1.82) is 0 Å². The second kappa shape index (κ2) is 8.34. The van der Waals surface area contributed by atoms with Crippen LogP contribution in [0.2, 0.25) is 0 Å². The first-order valence-electron chi connectivity index (χ1n) is 11.1. The van der Waals surface area contributed by atoms with Crippen LogP contribution in [0.5, 0.6) is 0 Å². The van der Waals surface area contributed by atoms with Crippen LogP contribution in [0.1, 0.15) is 46.7 Å². The minimum Gasteiger partial charge on any atom is -0.340 e. The summed E-state index contributed by atoms with van der Waals surface area (Å²) in [7, 11) is 0. The Labute approximate surface area is 183 Å². The van der Waals surface area contributed by atoms with Crippen molar-refractivity contribution in [3.63, 3.8) is 0 Å². The molecule has 8 heteroatoms. The molecule has 1 saturated heterocycles. The van der Waals surface area contributed by atoms with Gasteiger partial charge >= 0.3 is 0 Å². The molecule has 31 heavy (non-hydrogen) atoms. The molecule has 1 N–H and O–H groups in total. The number of aryl methyl sites for hydroxylation is 4. The summed E-state index contributed by atoms with van der Waals surface area (Å²) in [5.74, 6) is 0.805. The number of carbonyl (C=O) groups is 2. The number of nitrogens with zero attached hydrogens (tertiary/aromatic N) is 5.